The van der Waals surface area contributed by atoms with E-state index in [4.69, 9.17) is 0 Å². The molecule has 0 radical (unpaired) electrons. The number of halogens is 1. The normalized spacial score (nSPS) is 11.8. The third kappa shape index (κ3) is 6.36. The Bertz CT molecular complexity index is 2120. The molecule has 0 unspecified atom stereocenters. The first-order chi connectivity index (χ1) is 21.2. The summed E-state index contributed by atoms with van der Waals surface area (Å²) in [5.41, 5.74) is 7.00. The Balaban J connectivity index is 1.35. The average molecular weight is 612 g/mol. The van der Waals surface area contributed by atoms with Gasteiger partial charge in [0.05, 0.1) is 35.0 Å². The highest BCUT2D eigenvalue weighted by atomic mass is 32.2. The number of fused-ring (bicyclic) bond motifs is 2. The zero-order chi connectivity index (χ0) is 30.8. The molecule has 6 aromatic rings. The number of anilines is 1. The van der Waals surface area contributed by atoms with Crippen LogP contribution in [0.15, 0.2) is 73.2 Å². The Kier molecular flexibility index (Phi) is 7.93. The number of hydrogen-bond acceptors (Lipinski definition) is 6. The van der Waals surface area contributed by atoms with Gasteiger partial charge < -0.3 is 10.3 Å². The fourth-order valence-corrected chi connectivity index (χ4v) is 5.57. The van der Waals surface area contributed by atoms with Crippen LogP contribution in [-0.4, -0.2) is 45.7 Å². The Morgan fingerprint density at radius 1 is 0.932 bits per heavy atom. The summed E-state index contributed by atoms with van der Waals surface area (Å²) in [6.07, 6.45) is 8.32. The number of carbonyl (C=O) groups excluding carboxylic acids is 1. The molecule has 0 fully saturated rings. The van der Waals surface area contributed by atoms with Crippen LogP contribution >= 0.6 is 0 Å². The van der Waals surface area contributed by atoms with Crippen molar-refractivity contribution in [3.05, 3.63) is 84.6 Å². The molecule has 4 N–H and O–H groups in total. The predicted octanol–water partition coefficient (Wildman–Crippen LogP) is 6.15. The number of aromatic nitrogens is 5. The molecule has 12 heteroatoms. The first-order valence-electron chi connectivity index (χ1n) is 14.1. The maximum absolute atomic E-state index is 14.6. The topological polar surface area (TPSA) is 146 Å². The number of nitrogens with one attached hydrogen (secondary N) is 4. The number of nitrogens with zero attached hydrogens (tertiary/aromatic N) is 3. The minimum Gasteiger partial charge on any atom is -0.353 e. The van der Waals surface area contributed by atoms with Gasteiger partial charge in [0.2, 0.25) is 15.9 Å². The lowest BCUT2D eigenvalue weighted by molar-refractivity contribution is -0.116. The summed E-state index contributed by atoms with van der Waals surface area (Å²) in [7, 11) is -3.44. The standard InChI is InChI=1S/C32H30FN7O3S/c1-3-4-5-30(41)37-24-13-22(17-34-18-24)20-6-7-28-25(14-20)32(40-39-28)29-15-26-27(38-29)8-9-35-31(26)21-10-19(11-23(33)12-21)16-36-44(2,42)43/h6-15,17-18,36,38H,3-5,16H2,1-2H3,(H,37,41)(H,39,40). The van der Waals surface area contributed by atoms with Gasteiger partial charge in [0, 0.05) is 52.8 Å². The Morgan fingerprint density at radius 2 is 1.77 bits per heavy atom. The van der Waals surface area contributed by atoms with Crippen LogP contribution in [0.25, 0.3) is 55.6 Å². The van der Waals surface area contributed by atoms with Crippen molar-refractivity contribution in [3.8, 4) is 33.8 Å². The zero-order valence-corrected chi connectivity index (χ0v) is 24.9. The number of rotatable bonds is 10. The van der Waals surface area contributed by atoms with Crippen LogP contribution in [0.4, 0.5) is 10.1 Å². The summed E-state index contributed by atoms with van der Waals surface area (Å²) in [5, 5.41) is 12.2. The summed E-state index contributed by atoms with van der Waals surface area (Å²) in [6, 6.07) is 16.0. The van der Waals surface area contributed by atoms with E-state index >= 15 is 0 Å². The van der Waals surface area contributed by atoms with Gasteiger partial charge in [-0.25, -0.2) is 17.5 Å². The molecule has 1 amide bonds. The molecule has 6 rings (SSSR count). The lowest BCUT2D eigenvalue weighted by Gasteiger charge is -2.08. The minimum atomic E-state index is -3.44. The van der Waals surface area contributed by atoms with E-state index in [9.17, 15) is 17.6 Å². The number of aromatic amines is 2. The van der Waals surface area contributed by atoms with Crippen molar-refractivity contribution in [2.75, 3.05) is 11.6 Å². The zero-order valence-electron chi connectivity index (χ0n) is 24.1. The van der Waals surface area contributed by atoms with Gasteiger partial charge in [-0.15, -0.1) is 0 Å². The van der Waals surface area contributed by atoms with Gasteiger partial charge in [-0.05, 0) is 66.1 Å². The molecule has 0 spiro atoms. The number of pyridine rings is 2. The van der Waals surface area contributed by atoms with Gasteiger partial charge in [0.15, 0.2) is 0 Å². The van der Waals surface area contributed by atoms with Crippen LogP contribution in [0.5, 0.6) is 0 Å². The van der Waals surface area contributed by atoms with Gasteiger partial charge in [-0.1, -0.05) is 19.4 Å². The van der Waals surface area contributed by atoms with Crippen LogP contribution in [0.1, 0.15) is 31.7 Å². The molecule has 2 aromatic carbocycles. The van der Waals surface area contributed by atoms with Crippen molar-refractivity contribution in [2.24, 2.45) is 0 Å². The Morgan fingerprint density at radius 3 is 2.59 bits per heavy atom. The monoisotopic (exact) mass is 611 g/mol. The SMILES string of the molecule is CCCCC(=O)Nc1cncc(-c2ccc3[nH]nc(-c4cc5c(-c6cc(F)cc(CNS(C)(=O)=O)c6)nccc5[nH]4)c3c2)c1. The Labute approximate surface area is 253 Å². The van der Waals surface area contributed by atoms with E-state index in [0.29, 0.717) is 34.6 Å². The van der Waals surface area contributed by atoms with Gasteiger partial charge in [-0.3, -0.25) is 19.9 Å². The summed E-state index contributed by atoms with van der Waals surface area (Å²) < 4.78 is 40.1. The summed E-state index contributed by atoms with van der Waals surface area (Å²) in [4.78, 5) is 24.5. The highest BCUT2D eigenvalue weighted by molar-refractivity contribution is 7.88. The molecule has 44 heavy (non-hydrogen) atoms. The van der Waals surface area contributed by atoms with Crippen LogP contribution in [0.3, 0.4) is 0 Å². The molecule has 10 nitrogen and oxygen atoms in total. The molecule has 0 saturated carbocycles. The van der Waals surface area contributed by atoms with E-state index in [0.717, 1.165) is 57.7 Å². The van der Waals surface area contributed by atoms with E-state index in [2.05, 4.69) is 35.2 Å². The number of amides is 1. The van der Waals surface area contributed by atoms with Crippen molar-refractivity contribution in [3.63, 3.8) is 0 Å². The molecule has 4 aromatic heterocycles. The van der Waals surface area contributed by atoms with E-state index in [1.807, 2.05) is 43.3 Å². The first kappa shape index (κ1) is 29.1. The average Bonchev–Trinajstić information content (AvgIpc) is 3.62. The number of unbranched alkanes of at least 4 members (excludes halogenated alkanes) is 1. The number of H-pyrrole nitrogens is 2. The van der Waals surface area contributed by atoms with Crippen molar-refractivity contribution < 1.29 is 17.6 Å². The molecule has 224 valence electrons. The fourth-order valence-electron chi connectivity index (χ4n) is 5.14. The van der Waals surface area contributed by atoms with Crippen LogP contribution in [-0.2, 0) is 21.4 Å². The Hall–Kier alpha value is -4.94. The highest BCUT2D eigenvalue weighted by Crippen LogP contribution is 2.35. The van der Waals surface area contributed by atoms with Crippen LogP contribution in [0, 0.1) is 5.82 Å². The van der Waals surface area contributed by atoms with E-state index in [1.54, 1.807) is 24.7 Å². The second-order valence-corrected chi connectivity index (χ2v) is 12.5. The van der Waals surface area contributed by atoms with Crippen molar-refractivity contribution in [1.82, 2.24) is 29.9 Å². The van der Waals surface area contributed by atoms with E-state index < -0.39 is 15.8 Å². The molecular weight excluding hydrogens is 581 g/mol. The van der Waals surface area contributed by atoms with Gasteiger partial charge in [-0.2, -0.15) is 5.10 Å². The number of benzene rings is 2. The van der Waals surface area contributed by atoms with E-state index in [1.165, 1.54) is 12.1 Å². The summed E-state index contributed by atoms with van der Waals surface area (Å²) in [5.74, 6) is -0.529. The van der Waals surface area contributed by atoms with Crippen molar-refractivity contribution in [1.29, 1.82) is 0 Å². The second kappa shape index (κ2) is 12.0. The van der Waals surface area contributed by atoms with Gasteiger partial charge in [0.1, 0.15) is 11.5 Å². The lowest BCUT2D eigenvalue weighted by atomic mass is 10.0. The third-order valence-electron chi connectivity index (χ3n) is 7.25. The van der Waals surface area contributed by atoms with Crippen LogP contribution < -0.4 is 10.0 Å². The highest BCUT2D eigenvalue weighted by Gasteiger charge is 2.16. The van der Waals surface area contributed by atoms with E-state index in [-0.39, 0.29) is 12.5 Å². The molecule has 0 bridgehead atoms. The van der Waals surface area contributed by atoms with Gasteiger partial charge >= 0.3 is 0 Å². The smallest absolute Gasteiger partial charge is 0.224 e. The summed E-state index contributed by atoms with van der Waals surface area (Å²) >= 11 is 0. The molecule has 0 saturated heterocycles. The molecule has 0 aliphatic heterocycles. The third-order valence-corrected chi connectivity index (χ3v) is 7.92. The molecular formula is C32H30FN7O3S. The van der Waals surface area contributed by atoms with Crippen molar-refractivity contribution in [2.45, 2.75) is 32.7 Å². The molecule has 0 aliphatic carbocycles. The first-order valence-corrected chi connectivity index (χ1v) is 16.0. The molecule has 0 aliphatic rings. The minimum absolute atomic E-state index is 0.0360. The molecule has 4 heterocycles. The quantitative estimate of drug-likeness (QED) is 0.146. The lowest BCUT2D eigenvalue weighted by Crippen LogP contribution is -2.21. The number of hydrogen-bond donors (Lipinski definition) is 4. The van der Waals surface area contributed by atoms with Crippen molar-refractivity contribution >= 4 is 43.4 Å². The fraction of sp³-hybridized carbons (Fsp3) is 0.188. The predicted molar refractivity (Wildman–Crippen MR) is 170 cm³/mol. The number of sulfonamides is 1. The second-order valence-electron chi connectivity index (χ2n) is 10.7. The summed E-state index contributed by atoms with van der Waals surface area (Å²) in [6.45, 7) is 2.01. The molecule has 0 atom stereocenters. The maximum Gasteiger partial charge on any atom is 0.224 e. The number of carbonyl (C=O) groups is 1. The largest absolute Gasteiger partial charge is 0.353 e. The van der Waals surface area contributed by atoms with Crippen LogP contribution in [0.2, 0.25) is 0 Å². The van der Waals surface area contributed by atoms with Gasteiger partial charge in [0.25, 0.3) is 0 Å². The maximum atomic E-state index is 14.6.